The Kier molecular flexibility index (Phi) is 5.69. The first-order valence-corrected chi connectivity index (χ1v) is 10.3. The van der Waals surface area contributed by atoms with Crippen molar-refractivity contribution in [3.8, 4) is 5.75 Å². The molecule has 1 amide bonds. The smallest absolute Gasteiger partial charge is 0.280 e. The number of phenolic OH excluding ortho intramolecular Hbond substituents is 1. The van der Waals surface area contributed by atoms with Gasteiger partial charge in [-0.1, -0.05) is 41.9 Å². The molecule has 144 valence electrons. The lowest BCUT2D eigenvalue weighted by atomic mass is 10.1. The summed E-state index contributed by atoms with van der Waals surface area (Å²) in [5.41, 5.74) is 2.79. The molecule has 4 rings (SSSR count). The first-order valence-electron chi connectivity index (χ1n) is 8.96. The summed E-state index contributed by atoms with van der Waals surface area (Å²) in [6.07, 6.45) is 1.81. The highest BCUT2D eigenvalue weighted by atomic mass is 35.5. The molecule has 0 bridgehead atoms. The molecule has 29 heavy (non-hydrogen) atoms. The van der Waals surface area contributed by atoms with Gasteiger partial charge < -0.3 is 5.11 Å². The molecule has 3 aromatic carbocycles. The van der Waals surface area contributed by atoms with Crippen LogP contribution in [-0.4, -0.2) is 22.5 Å². The van der Waals surface area contributed by atoms with Crippen molar-refractivity contribution in [1.82, 2.24) is 0 Å². The summed E-state index contributed by atoms with van der Waals surface area (Å²) in [7, 11) is 0. The van der Waals surface area contributed by atoms with Crippen LogP contribution in [0.1, 0.15) is 5.56 Å². The number of amides is 1. The Morgan fingerprint density at radius 1 is 0.966 bits per heavy atom. The van der Waals surface area contributed by atoms with Gasteiger partial charge in [0.05, 0.1) is 17.0 Å². The van der Waals surface area contributed by atoms with E-state index in [0.29, 0.717) is 22.1 Å². The summed E-state index contributed by atoms with van der Waals surface area (Å²) in [4.78, 5) is 14.2. The molecular formula is C23H17ClN2O2S. The van der Waals surface area contributed by atoms with Crippen LogP contribution in [0.15, 0.2) is 94.4 Å². The average molecular weight is 421 g/mol. The van der Waals surface area contributed by atoms with E-state index >= 15 is 0 Å². The molecule has 1 heterocycles. The van der Waals surface area contributed by atoms with Crippen molar-refractivity contribution in [1.29, 1.82) is 0 Å². The van der Waals surface area contributed by atoms with Gasteiger partial charge in [0.25, 0.3) is 5.91 Å². The lowest BCUT2D eigenvalue weighted by Gasteiger charge is -2.10. The summed E-state index contributed by atoms with van der Waals surface area (Å²) >= 11 is 7.55. The molecule has 0 fully saturated rings. The molecule has 0 atom stereocenters. The lowest BCUT2D eigenvalue weighted by molar-refractivity contribution is -0.114. The number of nitrogens with zero attached hydrogens (tertiary/aromatic N) is 2. The van der Waals surface area contributed by atoms with Crippen LogP contribution < -0.4 is 5.01 Å². The number of hydrogen-bond acceptors (Lipinski definition) is 4. The number of phenols is 1. The zero-order valence-corrected chi connectivity index (χ0v) is 16.9. The lowest BCUT2D eigenvalue weighted by Crippen LogP contribution is -2.21. The van der Waals surface area contributed by atoms with Crippen LogP contribution in [0.25, 0.3) is 6.08 Å². The van der Waals surface area contributed by atoms with Crippen molar-refractivity contribution in [2.24, 2.45) is 5.10 Å². The zero-order chi connectivity index (χ0) is 20.2. The molecule has 0 aromatic heterocycles. The molecule has 0 unspecified atom stereocenters. The predicted octanol–water partition coefficient (Wildman–Crippen LogP) is 5.62. The fourth-order valence-corrected chi connectivity index (χ4v) is 3.84. The van der Waals surface area contributed by atoms with Gasteiger partial charge in [0.15, 0.2) is 0 Å². The van der Waals surface area contributed by atoms with Crippen molar-refractivity contribution in [3.05, 3.63) is 95.0 Å². The van der Waals surface area contributed by atoms with E-state index in [2.05, 4.69) is 5.10 Å². The molecule has 0 radical (unpaired) electrons. The fourth-order valence-electron chi connectivity index (χ4n) is 2.87. The third kappa shape index (κ3) is 4.53. The van der Waals surface area contributed by atoms with Crippen LogP contribution in [0, 0.1) is 0 Å². The van der Waals surface area contributed by atoms with Gasteiger partial charge >= 0.3 is 0 Å². The Morgan fingerprint density at radius 2 is 1.66 bits per heavy atom. The van der Waals surface area contributed by atoms with Crippen molar-refractivity contribution in [2.45, 2.75) is 4.90 Å². The molecule has 1 N–H and O–H groups in total. The Hall–Kier alpha value is -3.02. The Bertz CT molecular complexity index is 1080. The highest BCUT2D eigenvalue weighted by Gasteiger charge is 2.31. The molecule has 3 aromatic rings. The van der Waals surface area contributed by atoms with E-state index in [0.717, 1.165) is 16.1 Å². The van der Waals surface area contributed by atoms with Gasteiger partial charge in [-0.3, -0.25) is 4.79 Å². The first-order chi connectivity index (χ1) is 14.1. The van der Waals surface area contributed by atoms with Crippen molar-refractivity contribution >= 4 is 46.7 Å². The summed E-state index contributed by atoms with van der Waals surface area (Å²) in [6, 6.07) is 23.7. The number of hydrogen-bond donors (Lipinski definition) is 1. The summed E-state index contributed by atoms with van der Waals surface area (Å²) < 4.78 is 0. The Labute approximate surface area is 178 Å². The van der Waals surface area contributed by atoms with E-state index in [9.17, 15) is 9.90 Å². The van der Waals surface area contributed by atoms with Crippen LogP contribution in [-0.2, 0) is 4.79 Å². The molecule has 6 heteroatoms. The van der Waals surface area contributed by atoms with Gasteiger partial charge in [-0.05, 0) is 60.2 Å². The van der Waals surface area contributed by atoms with Crippen LogP contribution >= 0.6 is 23.4 Å². The predicted molar refractivity (Wildman–Crippen MR) is 120 cm³/mol. The molecule has 1 aliphatic rings. The largest absolute Gasteiger partial charge is 0.508 e. The number of hydrazone groups is 1. The fraction of sp³-hybridized carbons (Fsp3) is 0.0435. The zero-order valence-electron chi connectivity index (χ0n) is 15.3. The number of benzene rings is 3. The maximum Gasteiger partial charge on any atom is 0.280 e. The molecule has 4 nitrogen and oxygen atoms in total. The quantitative estimate of drug-likeness (QED) is 0.430. The number of aromatic hydroxyl groups is 1. The Balaban J connectivity index is 1.65. The highest BCUT2D eigenvalue weighted by molar-refractivity contribution is 8.00. The molecule has 0 saturated carbocycles. The van der Waals surface area contributed by atoms with E-state index < -0.39 is 0 Å². The number of rotatable bonds is 5. The van der Waals surface area contributed by atoms with E-state index in [-0.39, 0.29) is 11.7 Å². The highest BCUT2D eigenvalue weighted by Crippen LogP contribution is 2.29. The second-order valence-electron chi connectivity index (χ2n) is 6.39. The van der Waals surface area contributed by atoms with E-state index in [4.69, 9.17) is 11.6 Å². The topological polar surface area (TPSA) is 52.9 Å². The molecule has 0 spiro atoms. The number of para-hydroxylation sites is 1. The van der Waals surface area contributed by atoms with Gasteiger partial charge in [0, 0.05) is 15.7 Å². The molecule has 1 aliphatic heterocycles. The number of thioether (sulfide) groups is 1. The third-order valence-electron chi connectivity index (χ3n) is 4.35. The van der Waals surface area contributed by atoms with Crippen molar-refractivity contribution < 1.29 is 9.90 Å². The van der Waals surface area contributed by atoms with Gasteiger partial charge in [0.2, 0.25) is 0 Å². The van der Waals surface area contributed by atoms with Gasteiger partial charge in [0.1, 0.15) is 5.75 Å². The second kappa shape index (κ2) is 8.55. The van der Waals surface area contributed by atoms with Crippen LogP contribution in [0.3, 0.4) is 0 Å². The third-order valence-corrected chi connectivity index (χ3v) is 5.62. The number of anilines is 1. The van der Waals surface area contributed by atoms with Crippen LogP contribution in [0.4, 0.5) is 5.69 Å². The van der Waals surface area contributed by atoms with E-state index in [1.54, 1.807) is 36.0 Å². The summed E-state index contributed by atoms with van der Waals surface area (Å²) in [5.74, 6) is 0.555. The normalized spacial score (nSPS) is 15.1. The Morgan fingerprint density at radius 3 is 2.34 bits per heavy atom. The van der Waals surface area contributed by atoms with E-state index in [1.165, 1.54) is 5.01 Å². The minimum absolute atomic E-state index is 0.170. The molecule has 0 aliphatic carbocycles. The number of carbonyl (C=O) groups is 1. The summed E-state index contributed by atoms with van der Waals surface area (Å²) in [6.45, 7) is 0. The summed E-state index contributed by atoms with van der Waals surface area (Å²) in [5, 5.41) is 16.2. The minimum Gasteiger partial charge on any atom is -0.508 e. The maximum absolute atomic E-state index is 13.1. The minimum atomic E-state index is -0.170. The number of halogens is 1. The molecule has 0 saturated heterocycles. The first kappa shape index (κ1) is 19.3. The average Bonchev–Trinajstić information content (AvgIpc) is 3.05. The van der Waals surface area contributed by atoms with E-state index in [1.807, 2.05) is 60.7 Å². The number of carbonyl (C=O) groups excluding carboxylic acids is 1. The van der Waals surface area contributed by atoms with Crippen LogP contribution in [0.2, 0.25) is 5.02 Å². The monoisotopic (exact) mass is 420 g/mol. The SMILES string of the molecule is O=C1/C(=C\c2ccc(O)cc2)C(CSc2ccc(Cl)cc2)=NN1c1ccccc1. The van der Waals surface area contributed by atoms with Crippen LogP contribution in [0.5, 0.6) is 5.75 Å². The molecular weight excluding hydrogens is 404 g/mol. The second-order valence-corrected chi connectivity index (χ2v) is 7.88. The van der Waals surface area contributed by atoms with Crippen molar-refractivity contribution in [2.75, 3.05) is 10.8 Å². The maximum atomic E-state index is 13.1. The standard InChI is InChI=1S/C23H17ClN2O2S/c24-17-8-12-20(13-9-17)29-15-22-21(14-16-6-10-19(27)11-7-16)23(28)26(25-22)18-4-2-1-3-5-18/h1-14,27H,15H2/b21-14-. The van der Waals surface area contributed by atoms with Crippen molar-refractivity contribution in [3.63, 3.8) is 0 Å². The van der Waals surface area contributed by atoms with Gasteiger partial charge in [-0.15, -0.1) is 11.8 Å². The van der Waals surface area contributed by atoms with Gasteiger partial charge in [-0.25, -0.2) is 0 Å². The van der Waals surface area contributed by atoms with Gasteiger partial charge in [-0.2, -0.15) is 10.1 Å².